The number of amides is 2. The molecule has 8 heteroatoms. The highest BCUT2D eigenvalue weighted by molar-refractivity contribution is 5.97. The fourth-order valence-corrected chi connectivity index (χ4v) is 4.16. The van der Waals surface area contributed by atoms with Crippen LogP contribution >= 0.6 is 0 Å². The highest BCUT2D eigenvalue weighted by Crippen LogP contribution is 2.28. The van der Waals surface area contributed by atoms with Gasteiger partial charge >= 0.3 is 0 Å². The summed E-state index contributed by atoms with van der Waals surface area (Å²) >= 11 is 0. The zero-order valence-corrected chi connectivity index (χ0v) is 18.7. The average molecular weight is 459 g/mol. The fourth-order valence-electron chi connectivity index (χ4n) is 4.16. The maximum atomic E-state index is 13.5. The minimum atomic E-state index is -0.715. The summed E-state index contributed by atoms with van der Waals surface area (Å²) in [4.78, 5) is 40.9. The highest BCUT2D eigenvalue weighted by Gasteiger charge is 2.30. The van der Waals surface area contributed by atoms with Crippen LogP contribution in [0.3, 0.4) is 0 Å². The van der Waals surface area contributed by atoms with Crippen molar-refractivity contribution < 1.29 is 14.5 Å². The number of benzene rings is 3. The van der Waals surface area contributed by atoms with Crippen LogP contribution in [0.25, 0.3) is 0 Å². The number of piperazine rings is 1. The van der Waals surface area contributed by atoms with E-state index >= 15 is 0 Å². The van der Waals surface area contributed by atoms with Gasteiger partial charge in [-0.2, -0.15) is 0 Å². The third-order valence-corrected chi connectivity index (χ3v) is 5.93. The Morgan fingerprint density at radius 2 is 1.44 bits per heavy atom. The second-order valence-electron chi connectivity index (χ2n) is 8.14. The molecule has 4 rings (SSSR count). The Morgan fingerprint density at radius 1 is 0.853 bits per heavy atom. The number of nitro benzene ring substituents is 1. The van der Waals surface area contributed by atoms with Crippen molar-refractivity contribution in [2.24, 2.45) is 0 Å². The molecule has 0 aromatic heterocycles. The van der Waals surface area contributed by atoms with Gasteiger partial charge in [0.05, 0.1) is 4.92 Å². The van der Waals surface area contributed by atoms with Crippen molar-refractivity contribution in [1.29, 1.82) is 0 Å². The smallest absolute Gasteiger partial charge is 0.292 e. The molecule has 0 spiro atoms. The van der Waals surface area contributed by atoms with Crippen LogP contribution in [0.5, 0.6) is 0 Å². The van der Waals surface area contributed by atoms with E-state index in [9.17, 15) is 19.7 Å². The Bertz CT molecular complexity index is 1150. The van der Waals surface area contributed by atoms with Gasteiger partial charge in [0.25, 0.3) is 11.6 Å². The molecule has 2 amide bonds. The van der Waals surface area contributed by atoms with Crippen molar-refractivity contribution in [3.8, 4) is 0 Å². The van der Waals surface area contributed by atoms with Crippen LogP contribution in [0, 0.1) is 10.1 Å². The molecule has 1 aliphatic heterocycles. The predicted octanol–water partition coefficient (Wildman–Crippen LogP) is 3.28. The summed E-state index contributed by atoms with van der Waals surface area (Å²) in [5.74, 6) is -0.455. The lowest BCUT2D eigenvalue weighted by Gasteiger charge is -2.37. The summed E-state index contributed by atoms with van der Waals surface area (Å²) in [6.45, 7) is 1.78. The van der Waals surface area contributed by atoms with Crippen LogP contribution in [-0.4, -0.2) is 53.9 Å². The zero-order valence-electron chi connectivity index (χ0n) is 18.7. The molecule has 0 bridgehead atoms. The van der Waals surface area contributed by atoms with Crippen molar-refractivity contribution in [2.45, 2.75) is 12.5 Å². The summed E-state index contributed by atoms with van der Waals surface area (Å²) in [7, 11) is 0. The lowest BCUT2D eigenvalue weighted by molar-refractivity contribution is -0.384. The molecule has 1 N–H and O–H groups in total. The number of nitrogens with zero attached hydrogens (tertiary/aromatic N) is 3. The second kappa shape index (κ2) is 10.6. The summed E-state index contributed by atoms with van der Waals surface area (Å²) < 4.78 is 0. The molecule has 1 aliphatic rings. The van der Waals surface area contributed by atoms with Crippen LogP contribution < -0.4 is 10.2 Å². The van der Waals surface area contributed by atoms with Gasteiger partial charge in [-0.05, 0) is 23.8 Å². The Kier molecular flexibility index (Phi) is 7.17. The Hall–Kier alpha value is -4.20. The van der Waals surface area contributed by atoms with Crippen LogP contribution in [0.15, 0.2) is 84.9 Å². The highest BCUT2D eigenvalue weighted by atomic mass is 16.6. The summed E-state index contributed by atoms with van der Waals surface area (Å²) in [6, 6.07) is 24.3. The van der Waals surface area contributed by atoms with Gasteiger partial charge in [0, 0.05) is 44.2 Å². The summed E-state index contributed by atoms with van der Waals surface area (Å²) in [5, 5.41) is 14.3. The molecule has 0 saturated carbocycles. The largest absolute Gasteiger partial charge is 0.362 e. The number of carbonyl (C=O) groups is 2. The third kappa shape index (κ3) is 5.40. The molecular formula is C26H26N4O4. The molecule has 1 atom stereocenters. The monoisotopic (exact) mass is 458 g/mol. The number of anilines is 1. The third-order valence-electron chi connectivity index (χ3n) is 5.93. The molecular weight excluding hydrogens is 432 g/mol. The number of nitro groups is 1. The van der Waals surface area contributed by atoms with Crippen LogP contribution in [0.4, 0.5) is 11.4 Å². The molecule has 1 unspecified atom stereocenters. The van der Waals surface area contributed by atoms with E-state index in [1.165, 1.54) is 6.07 Å². The molecule has 174 valence electrons. The van der Waals surface area contributed by atoms with E-state index in [1.54, 1.807) is 47.4 Å². The predicted molar refractivity (Wildman–Crippen MR) is 130 cm³/mol. The topological polar surface area (TPSA) is 95.8 Å². The number of hydrogen-bond donors (Lipinski definition) is 1. The van der Waals surface area contributed by atoms with Gasteiger partial charge < -0.3 is 15.1 Å². The first kappa shape index (κ1) is 23.0. The van der Waals surface area contributed by atoms with E-state index in [0.29, 0.717) is 43.9 Å². The lowest BCUT2D eigenvalue weighted by Crippen LogP contribution is -2.55. The zero-order chi connectivity index (χ0) is 23.9. The maximum absolute atomic E-state index is 13.5. The first-order valence-electron chi connectivity index (χ1n) is 11.2. The van der Waals surface area contributed by atoms with Crippen molar-refractivity contribution in [3.63, 3.8) is 0 Å². The van der Waals surface area contributed by atoms with Crippen molar-refractivity contribution in [1.82, 2.24) is 10.2 Å². The standard InChI is InChI=1S/C26H26N4O4/c31-25(21-11-5-2-6-12-21)27-22(19-20-9-3-1-4-10-20)26(32)29-17-15-28(16-18-29)23-13-7-8-14-24(23)30(33)34/h1-14,22H,15-19H2,(H,27,31). The van der Waals surface area contributed by atoms with Crippen molar-refractivity contribution >= 4 is 23.2 Å². The number of hydrogen-bond acceptors (Lipinski definition) is 5. The van der Waals surface area contributed by atoms with E-state index in [4.69, 9.17) is 0 Å². The number of para-hydroxylation sites is 2. The molecule has 3 aromatic carbocycles. The molecule has 3 aromatic rings. The molecule has 1 fully saturated rings. The van der Waals surface area contributed by atoms with Crippen LogP contribution in [0.2, 0.25) is 0 Å². The van der Waals surface area contributed by atoms with E-state index < -0.39 is 6.04 Å². The average Bonchev–Trinajstić information content (AvgIpc) is 2.89. The van der Waals surface area contributed by atoms with Gasteiger partial charge in [-0.15, -0.1) is 0 Å². The molecule has 0 aliphatic carbocycles. The summed E-state index contributed by atoms with van der Waals surface area (Å²) in [6.07, 6.45) is 0.378. The Balaban J connectivity index is 1.47. The minimum Gasteiger partial charge on any atom is -0.362 e. The van der Waals surface area contributed by atoms with Crippen molar-refractivity contribution in [2.75, 3.05) is 31.1 Å². The van der Waals surface area contributed by atoms with Gasteiger partial charge in [0.2, 0.25) is 5.91 Å². The van der Waals surface area contributed by atoms with Gasteiger partial charge in [-0.25, -0.2) is 0 Å². The van der Waals surface area contributed by atoms with Gasteiger partial charge in [0.15, 0.2) is 0 Å². The van der Waals surface area contributed by atoms with Gasteiger partial charge in [0.1, 0.15) is 11.7 Å². The van der Waals surface area contributed by atoms with Crippen LogP contribution in [0.1, 0.15) is 15.9 Å². The van der Waals surface area contributed by atoms with Crippen molar-refractivity contribution in [3.05, 3.63) is 106 Å². The number of nitrogens with one attached hydrogen (secondary N) is 1. The minimum absolute atomic E-state index is 0.0550. The molecule has 34 heavy (non-hydrogen) atoms. The molecule has 1 heterocycles. The normalized spacial score (nSPS) is 14.4. The van der Waals surface area contributed by atoms with Gasteiger partial charge in [-0.3, -0.25) is 19.7 Å². The van der Waals surface area contributed by atoms with E-state index in [1.807, 2.05) is 41.3 Å². The first-order chi connectivity index (χ1) is 16.5. The molecule has 1 saturated heterocycles. The van der Waals surface area contributed by atoms with E-state index in [-0.39, 0.29) is 22.4 Å². The van der Waals surface area contributed by atoms with Gasteiger partial charge in [-0.1, -0.05) is 60.7 Å². The summed E-state index contributed by atoms with van der Waals surface area (Å²) in [5.41, 5.74) is 2.06. The number of rotatable bonds is 7. The quantitative estimate of drug-likeness (QED) is 0.433. The SMILES string of the molecule is O=C(NC(Cc1ccccc1)C(=O)N1CCN(c2ccccc2[N+](=O)[O-])CC1)c1ccccc1. The second-order valence-corrected chi connectivity index (χ2v) is 8.14. The lowest BCUT2D eigenvalue weighted by atomic mass is 10.0. The van der Waals surface area contributed by atoms with E-state index in [2.05, 4.69) is 5.32 Å². The first-order valence-corrected chi connectivity index (χ1v) is 11.2. The Morgan fingerprint density at radius 3 is 2.09 bits per heavy atom. The van der Waals surface area contributed by atoms with E-state index in [0.717, 1.165) is 5.56 Å². The Labute approximate surface area is 198 Å². The fraction of sp³-hybridized carbons (Fsp3) is 0.231. The number of carbonyl (C=O) groups excluding carboxylic acids is 2. The molecule has 8 nitrogen and oxygen atoms in total. The van der Waals surface area contributed by atoms with Crippen LogP contribution in [-0.2, 0) is 11.2 Å². The molecule has 0 radical (unpaired) electrons. The maximum Gasteiger partial charge on any atom is 0.292 e.